The number of amides is 1. The summed E-state index contributed by atoms with van der Waals surface area (Å²) < 4.78 is 23.4. The molecule has 0 fully saturated rings. The Morgan fingerprint density at radius 1 is 0.492 bits per heavy atom. The predicted octanol–water partition coefficient (Wildman–Crippen LogP) is 15.9. The molecule has 0 saturated heterocycles. The molecule has 0 aromatic carbocycles. The molecule has 0 rings (SSSR count). The van der Waals surface area contributed by atoms with Crippen LogP contribution in [-0.2, 0) is 18.4 Å². The molecule has 63 heavy (non-hydrogen) atoms. The van der Waals surface area contributed by atoms with Crippen molar-refractivity contribution in [2.75, 3.05) is 40.9 Å². The van der Waals surface area contributed by atoms with Gasteiger partial charge >= 0.3 is 0 Å². The molecule has 0 saturated carbocycles. The first-order valence-corrected chi connectivity index (χ1v) is 29.3. The van der Waals surface area contributed by atoms with E-state index in [2.05, 4.69) is 19.2 Å². The largest absolute Gasteiger partial charge is 0.756 e. The zero-order chi connectivity index (χ0) is 46.4. The summed E-state index contributed by atoms with van der Waals surface area (Å²) in [6, 6.07) is -0.794. The third-order valence-electron chi connectivity index (χ3n) is 13.1. The Morgan fingerprint density at radius 3 is 1.08 bits per heavy atom. The lowest BCUT2D eigenvalue weighted by atomic mass is 10.0. The van der Waals surface area contributed by atoms with Gasteiger partial charge in [0.1, 0.15) is 13.2 Å². The molecule has 3 atom stereocenters. The van der Waals surface area contributed by atoms with Crippen LogP contribution in [0.3, 0.4) is 0 Å². The minimum atomic E-state index is -4.56. The Bertz CT molecular complexity index is 994. The van der Waals surface area contributed by atoms with Gasteiger partial charge in [-0.05, 0) is 12.8 Å². The summed E-state index contributed by atoms with van der Waals surface area (Å²) in [5.41, 5.74) is 0. The summed E-state index contributed by atoms with van der Waals surface area (Å²) in [6.07, 6.45) is 54.1. The number of carbonyl (C=O) groups excluding carboxylic acids is 1. The summed E-state index contributed by atoms with van der Waals surface area (Å²) in [7, 11) is 1.32. The highest BCUT2D eigenvalue weighted by molar-refractivity contribution is 7.45. The topological polar surface area (TPSA) is 108 Å². The van der Waals surface area contributed by atoms with Crippen LogP contribution in [0.15, 0.2) is 0 Å². The summed E-state index contributed by atoms with van der Waals surface area (Å²) in [5.74, 6) is -0.157. The lowest BCUT2D eigenvalue weighted by Crippen LogP contribution is -2.46. The molecule has 0 aliphatic carbocycles. The van der Waals surface area contributed by atoms with Crippen molar-refractivity contribution in [1.82, 2.24) is 5.32 Å². The number of aliphatic hydroxyl groups excluding tert-OH is 1. The van der Waals surface area contributed by atoms with Crippen molar-refractivity contribution in [2.45, 2.75) is 302 Å². The first-order chi connectivity index (χ1) is 30.5. The van der Waals surface area contributed by atoms with E-state index in [9.17, 15) is 19.4 Å². The smallest absolute Gasteiger partial charge is 0.268 e. The Hall–Kier alpha value is -0.500. The fraction of sp³-hybridized carbons (Fsp3) is 0.981. The molecule has 0 spiro atoms. The highest BCUT2D eigenvalue weighted by Gasteiger charge is 2.24. The summed E-state index contributed by atoms with van der Waals surface area (Å²) in [4.78, 5) is 25.5. The fourth-order valence-corrected chi connectivity index (χ4v) is 9.41. The van der Waals surface area contributed by atoms with Crippen LogP contribution >= 0.6 is 7.82 Å². The highest BCUT2D eigenvalue weighted by Crippen LogP contribution is 2.38. The van der Waals surface area contributed by atoms with Gasteiger partial charge in [0.05, 0.1) is 39.9 Å². The molecule has 0 aliphatic rings. The molecule has 1 amide bonds. The Balaban J connectivity index is 4.12. The van der Waals surface area contributed by atoms with Crippen LogP contribution in [0.2, 0.25) is 0 Å². The van der Waals surface area contributed by atoms with Gasteiger partial charge in [0, 0.05) is 6.42 Å². The maximum Gasteiger partial charge on any atom is 0.268 e. The number of nitrogens with one attached hydrogen (secondary N) is 1. The molecule has 0 aromatic heterocycles. The van der Waals surface area contributed by atoms with Crippen molar-refractivity contribution in [3.8, 4) is 0 Å². The average molecular weight is 915 g/mol. The number of likely N-dealkylation sites (N-methyl/N-ethyl adjacent to an activating group) is 1. The normalized spacial score (nSPS) is 14.0. The predicted molar refractivity (Wildman–Crippen MR) is 270 cm³/mol. The highest BCUT2D eigenvalue weighted by atomic mass is 31.2. The number of quaternary nitrogens is 1. The van der Waals surface area contributed by atoms with Crippen LogP contribution < -0.4 is 10.2 Å². The summed E-state index contributed by atoms with van der Waals surface area (Å²) in [6.45, 7) is 4.77. The molecule has 378 valence electrons. The van der Waals surface area contributed by atoms with Crippen molar-refractivity contribution < 1.29 is 32.9 Å². The SMILES string of the molecule is CCCCCCCCCCCCCCCCCCCCCCCCCCC(=O)NC(COP(=O)([O-])OCC[N+](C)(C)C)C(O)CCCCCCCCCCCCCCCCCCC. The van der Waals surface area contributed by atoms with Crippen LogP contribution in [-0.4, -0.2) is 68.5 Å². The third kappa shape index (κ3) is 49.2. The van der Waals surface area contributed by atoms with Crippen molar-refractivity contribution in [3.05, 3.63) is 0 Å². The summed E-state index contributed by atoms with van der Waals surface area (Å²) in [5, 5.41) is 14.0. The second-order valence-electron chi connectivity index (χ2n) is 20.7. The van der Waals surface area contributed by atoms with Gasteiger partial charge in [0.15, 0.2) is 0 Å². The number of carbonyl (C=O) groups is 1. The van der Waals surface area contributed by atoms with Gasteiger partial charge in [-0.1, -0.05) is 271 Å². The van der Waals surface area contributed by atoms with Crippen LogP contribution in [0.4, 0.5) is 0 Å². The monoisotopic (exact) mass is 915 g/mol. The second-order valence-corrected chi connectivity index (χ2v) is 22.1. The molecule has 0 radical (unpaired) electrons. The maximum absolute atomic E-state index is 13.0. The number of unbranched alkanes of at least 4 members (excludes halogenated alkanes) is 39. The number of rotatable bonds is 52. The molecule has 8 nitrogen and oxygen atoms in total. The van der Waals surface area contributed by atoms with Crippen molar-refractivity contribution >= 4 is 13.7 Å². The molecule has 0 heterocycles. The van der Waals surface area contributed by atoms with Gasteiger partial charge in [0.2, 0.25) is 5.91 Å². The average Bonchev–Trinajstić information content (AvgIpc) is 3.24. The molecule has 0 bridgehead atoms. The second kappa shape index (κ2) is 46.6. The van der Waals surface area contributed by atoms with Crippen LogP contribution in [0.5, 0.6) is 0 Å². The van der Waals surface area contributed by atoms with E-state index in [4.69, 9.17) is 9.05 Å². The quantitative estimate of drug-likeness (QED) is 0.0357. The first-order valence-electron chi connectivity index (χ1n) is 27.9. The minimum Gasteiger partial charge on any atom is -0.756 e. The number of nitrogens with zero attached hydrogens (tertiary/aromatic N) is 1. The number of hydrogen-bond acceptors (Lipinski definition) is 6. The molecule has 0 aliphatic heterocycles. The number of phosphoric acid groups is 1. The van der Waals surface area contributed by atoms with E-state index < -0.39 is 20.0 Å². The van der Waals surface area contributed by atoms with E-state index in [0.717, 1.165) is 38.5 Å². The van der Waals surface area contributed by atoms with Gasteiger partial charge in [-0.25, -0.2) is 0 Å². The van der Waals surface area contributed by atoms with E-state index in [-0.39, 0.29) is 19.1 Å². The van der Waals surface area contributed by atoms with E-state index in [0.29, 0.717) is 23.9 Å². The van der Waals surface area contributed by atoms with E-state index in [1.807, 2.05) is 21.1 Å². The van der Waals surface area contributed by atoms with Crippen molar-refractivity contribution in [3.63, 3.8) is 0 Å². The van der Waals surface area contributed by atoms with Gasteiger partial charge in [0.25, 0.3) is 7.82 Å². The van der Waals surface area contributed by atoms with E-state index in [1.165, 1.54) is 225 Å². The van der Waals surface area contributed by atoms with Crippen molar-refractivity contribution in [2.24, 2.45) is 0 Å². The summed E-state index contributed by atoms with van der Waals surface area (Å²) >= 11 is 0. The Labute approximate surface area is 393 Å². The lowest BCUT2D eigenvalue weighted by molar-refractivity contribution is -0.870. The Morgan fingerprint density at radius 2 is 0.778 bits per heavy atom. The van der Waals surface area contributed by atoms with Gasteiger partial charge in [-0.2, -0.15) is 0 Å². The number of phosphoric ester groups is 1. The molecule has 0 aromatic rings. The molecular formula is C54H111N2O6P. The zero-order valence-electron chi connectivity index (χ0n) is 43.1. The maximum atomic E-state index is 13.0. The van der Waals surface area contributed by atoms with E-state index in [1.54, 1.807) is 0 Å². The van der Waals surface area contributed by atoms with Gasteiger partial charge in [-0.3, -0.25) is 9.36 Å². The molecular weight excluding hydrogens is 804 g/mol. The zero-order valence-corrected chi connectivity index (χ0v) is 44.0. The molecule has 2 N–H and O–H groups in total. The molecule has 3 unspecified atom stereocenters. The minimum absolute atomic E-state index is 0.0165. The third-order valence-corrected chi connectivity index (χ3v) is 14.1. The van der Waals surface area contributed by atoms with Crippen LogP contribution in [0.25, 0.3) is 0 Å². The number of aliphatic hydroxyl groups is 1. The van der Waals surface area contributed by atoms with Crippen LogP contribution in [0.1, 0.15) is 290 Å². The standard InChI is InChI=1S/C54H111N2O6P/c1-6-8-10-12-14-16-18-20-22-24-25-26-27-28-29-30-32-34-36-38-40-42-44-46-48-54(58)55-52(51-62-63(59,60)61-50-49-56(3,4)5)53(57)47-45-43-41-39-37-35-33-31-23-21-19-17-15-13-11-9-7-2/h52-53,57H,6-51H2,1-5H3,(H-,55,58,59,60). The number of hydrogen-bond donors (Lipinski definition) is 2. The molecule has 9 heteroatoms. The van der Waals surface area contributed by atoms with E-state index >= 15 is 0 Å². The van der Waals surface area contributed by atoms with Gasteiger partial charge < -0.3 is 28.8 Å². The van der Waals surface area contributed by atoms with Crippen molar-refractivity contribution in [1.29, 1.82) is 0 Å². The Kier molecular flexibility index (Phi) is 46.2. The first kappa shape index (κ1) is 62.5. The van der Waals surface area contributed by atoms with Crippen LogP contribution in [0, 0.1) is 0 Å². The lowest BCUT2D eigenvalue weighted by Gasteiger charge is -2.30. The van der Waals surface area contributed by atoms with Gasteiger partial charge in [-0.15, -0.1) is 0 Å². The fourth-order valence-electron chi connectivity index (χ4n) is 8.69.